The second kappa shape index (κ2) is 4.66. The molecule has 0 radical (unpaired) electrons. The lowest BCUT2D eigenvalue weighted by Gasteiger charge is -2.01. The Bertz CT molecular complexity index is 719. The van der Waals surface area contributed by atoms with Gasteiger partial charge in [0, 0.05) is 10.9 Å². The van der Waals surface area contributed by atoms with Crippen LogP contribution in [0.5, 0.6) is 5.75 Å². The fraction of sp³-hybridized carbons (Fsp3) is 0. The number of benzene rings is 1. The fourth-order valence-electron chi connectivity index (χ4n) is 1.69. The van der Waals surface area contributed by atoms with Crippen molar-refractivity contribution in [2.45, 2.75) is 0 Å². The molecule has 5 nitrogen and oxygen atoms in total. The first-order chi connectivity index (χ1) is 9.25. The number of rotatable bonds is 3. The topological polar surface area (TPSA) is 68.0 Å². The lowest BCUT2D eigenvalue weighted by Crippen LogP contribution is -1.99. The van der Waals surface area contributed by atoms with Crippen molar-refractivity contribution in [3.8, 4) is 11.4 Å². The van der Waals surface area contributed by atoms with E-state index in [1.54, 1.807) is 35.7 Å². The van der Waals surface area contributed by atoms with Crippen molar-refractivity contribution in [1.82, 2.24) is 15.0 Å². The van der Waals surface area contributed by atoms with Crippen molar-refractivity contribution < 1.29 is 9.90 Å². The number of carbonyl (C=O) groups excluding carboxylic acids is 1. The fourth-order valence-corrected chi connectivity index (χ4v) is 2.32. The van der Waals surface area contributed by atoms with E-state index in [1.807, 2.05) is 5.38 Å². The summed E-state index contributed by atoms with van der Waals surface area (Å²) >= 11 is 1.45. The van der Waals surface area contributed by atoms with Crippen molar-refractivity contribution in [2.75, 3.05) is 0 Å². The van der Waals surface area contributed by atoms with Crippen molar-refractivity contribution in [3.63, 3.8) is 0 Å². The average Bonchev–Trinajstić information content (AvgIpc) is 3.10. The zero-order valence-electron chi connectivity index (χ0n) is 9.72. The van der Waals surface area contributed by atoms with Crippen LogP contribution in [-0.2, 0) is 0 Å². The monoisotopic (exact) mass is 271 g/mol. The Labute approximate surface area is 112 Å². The maximum Gasteiger partial charge on any atom is 0.215 e. The maximum absolute atomic E-state index is 12.1. The van der Waals surface area contributed by atoms with Crippen molar-refractivity contribution >= 4 is 17.1 Å². The first kappa shape index (κ1) is 11.6. The smallest absolute Gasteiger partial charge is 0.215 e. The summed E-state index contributed by atoms with van der Waals surface area (Å²) in [5.74, 6) is -0.0927. The molecule has 19 heavy (non-hydrogen) atoms. The minimum absolute atomic E-state index is 0.0851. The van der Waals surface area contributed by atoms with Gasteiger partial charge in [0.25, 0.3) is 0 Å². The van der Waals surface area contributed by atoms with Crippen LogP contribution in [0, 0.1) is 0 Å². The highest BCUT2D eigenvalue weighted by atomic mass is 32.1. The maximum atomic E-state index is 12.1. The van der Waals surface area contributed by atoms with E-state index in [1.165, 1.54) is 22.2 Å². The summed E-state index contributed by atoms with van der Waals surface area (Å²) in [5, 5.41) is 21.0. The van der Waals surface area contributed by atoms with E-state index in [0.717, 1.165) is 0 Å². The van der Waals surface area contributed by atoms with Gasteiger partial charge in [-0.3, -0.25) is 4.79 Å². The van der Waals surface area contributed by atoms with Gasteiger partial charge in [0.2, 0.25) is 5.78 Å². The van der Waals surface area contributed by atoms with Gasteiger partial charge in [0.1, 0.15) is 11.4 Å². The van der Waals surface area contributed by atoms with Crippen LogP contribution in [0.15, 0.2) is 47.3 Å². The normalized spacial score (nSPS) is 10.5. The van der Waals surface area contributed by atoms with Gasteiger partial charge in [-0.15, -0.1) is 5.10 Å². The molecule has 94 valence electrons. The zero-order chi connectivity index (χ0) is 13.2. The number of carbonyl (C=O) groups is 1. The molecule has 0 aliphatic carbocycles. The van der Waals surface area contributed by atoms with E-state index < -0.39 is 0 Å². The molecule has 0 amide bonds. The number of thiophene rings is 1. The Morgan fingerprint density at radius 3 is 2.84 bits per heavy atom. The van der Waals surface area contributed by atoms with E-state index in [4.69, 9.17) is 0 Å². The van der Waals surface area contributed by atoms with Gasteiger partial charge < -0.3 is 5.11 Å². The van der Waals surface area contributed by atoms with Gasteiger partial charge in [0.05, 0.1) is 6.20 Å². The van der Waals surface area contributed by atoms with E-state index in [2.05, 4.69) is 10.3 Å². The predicted molar refractivity (Wildman–Crippen MR) is 70.8 cm³/mol. The number of nitrogens with zero attached hydrogens (tertiary/aromatic N) is 3. The van der Waals surface area contributed by atoms with Crippen LogP contribution in [0.2, 0.25) is 0 Å². The summed E-state index contributed by atoms with van der Waals surface area (Å²) in [6.07, 6.45) is 1.51. The molecule has 2 heterocycles. The summed E-state index contributed by atoms with van der Waals surface area (Å²) in [6, 6.07) is 8.48. The highest BCUT2D eigenvalue weighted by Crippen LogP contribution is 2.20. The molecule has 0 atom stereocenters. The third-order valence-electron chi connectivity index (χ3n) is 2.64. The van der Waals surface area contributed by atoms with Gasteiger partial charge in [-0.25, -0.2) is 4.68 Å². The van der Waals surface area contributed by atoms with Crippen LogP contribution in [0.4, 0.5) is 0 Å². The lowest BCUT2D eigenvalue weighted by atomic mass is 10.2. The lowest BCUT2D eigenvalue weighted by molar-refractivity contribution is 0.103. The van der Waals surface area contributed by atoms with Crippen LogP contribution in [0.3, 0.4) is 0 Å². The first-order valence-electron chi connectivity index (χ1n) is 5.53. The van der Waals surface area contributed by atoms with Gasteiger partial charge in [-0.1, -0.05) is 17.3 Å². The number of phenols is 1. The number of aromatic nitrogens is 3. The molecule has 1 aromatic carbocycles. The standard InChI is InChI=1S/C13H9N3O2S/c17-12-4-2-1-3-11(12)16-7-10(14-15-16)13(18)9-5-6-19-8-9/h1-8,17H. The molecule has 1 N–H and O–H groups in total. The number of aromatic hydroxyl groups is 1. The Balaban J connectivity index is 1.96. The van der Waals surface area contributed by atoms with Crippen LogP contribution < -0.4 is 0 Å². The molecule has 0 bridgehead atoms. The van der Waals surface area contributed by atoms with E-state index >= 15 is 0 Å². The van der Waals surface area contributed by atoms with Gasteiger partial charge in [-0.05, 0) is 23.6 Å². The quantitative estimate of drug-likeness (QED) is 0.742. The SMILES string of the molecule is O=C(c1ccsc1)c1cn(-c2ccccc2O)nn1. The third kappa shape index (κ3) is 2.13. The molecular formula is C13H9N3O2S. The molecule has 0 saturated heterocycles. The summed E-state index contributed by atoms with van der Waals surface area (Å²) in [7, 11) is 0. The number of phenolic OH excluding ortho intramolecular Hbond substituents is 1. The summed E-state index contributed by atoms with van der Waals surface area (Å²) < 4.78 is 1.38. The second-order valence-electron chi connectivity index (χ2n) is 3.88. The Hall–Kier alpha value is -2.47. The summed E-state index contributed by atoms with van der Waals surface area (Å²) in [5.41, 5.74) is 1.33. The van der Waals surface area contributed by atoms with Gasteiger partial charge >= 0.3 is 0 Å². The van der Waals surface area contributed by atoms with Crippen LogP contribution in [0.1, 0.15) is 16.1 Å². The van der Waals surface area contributed by atoms with Gasteiger partial charge in [-0.2, -0.15) is 11.3 Å². The predicted octanol–water partition coefficient (Wildman–Crippen LogP) is 2.27. The number of para-hydroxylation sites is 2. The molecule has 0 saturated carbocycles. The molecule has 0 spiro atoms. The molecule has 0 aliphatic heterocycles. The third-order valence-corrected chi connectivity index (χ3v) is 3.32. The van der Waals surface area contributed by atoms with E-state index in [-0.39, 0.29) is 17.2 Å². The minimum atomic E-state index is -0.178. The zero-order valence-corrected chi connectivity index (χ0v) is 10.5. The number of hydrogen-bond donors (Lipinski definition) is 1. The average molecular weight is 271 g/mol. The molecule has 0 aliphatic rings. The molecule has 3 rings (SSSR count). The van der Waals surface area contributed by atoms with E-state index in [9.17, 15) is 9.90 Å². The van der Waals surface area contributed by atoms with E-state index in [0.29, 0.717) is 11.3 Å². The van der Waals surface area contributed by atoms with Crippen molar-refractivity contribution in [3.05, 3.63) is 58.5 Å². The molecule has 6 heteroatoms. The van der Waals surface area contributed by atoms with Crippen LogP contribution >= 0.6 is 11.3 Å². The van der Waals surface area contributed by atoms with Gasteiger partial charge in [0.15, 0.2) is 5.69 Å². The second-order valence-corrected chi connectivity index (χ2v) is 4.66. The highest BCUT2D eigenvalue weighted by molar-refractivity contribution is 7.08. The minimum Gasteiger partial charge on any atom is -0.506 e. The molecule has 2 aromatic heterocycles. The molecular weight excluding hydrogens is 262 g/mol. The Morgan fingerprint density at radius 2 is 2.11 bits per heavy atom. The van der Waals surface area contributed by atoms with Crippen LogP contribution in [0.25, 0.3) is 5.69 Å². The highest BCUT2D eigenvalue weighted by Gasteiger charge is 2.15. The largest absolute Gasteiger partial charge is 0.506 e. The Morgan fingerprint density at radius 1 is 1.26 bits per heavy atom. The Kier molecular flexibility index (Phi) is 2.85. The molecule has 0 unspecified atom stereocenters. The van der Waals surface area contributed by atoms with Crippen molar-refractivity contribution in [2.24, 2.45) is 0 Å². The number of hydrogen-bond acceptors (Lipinski definition) is 5. The number of ketones is 1. The molecule has 0 fully saturated rings. The molecule has 3 aromatic rings. The first-order valence-corrected chi connectivity index (χ1v) is 6.47. The van der Waals surface area contributed by atoms with Crippen molar-refractivity contribution in [1.29, 1.82) is 0 Å². The van der Waals surface area contributed by atoms with Crippen LogP contribution in [-0.4, -0.2) is 25.9 Å². The summed E-state index contributed by atoms with van der Waals surface area (Å²) in [4.78, 5) is 12.1. The summed E-state index contributed by atoms with van der Waals surface area (Å²) in [6.45, 7) is 0.